The first-order valence-electron chi connectivity index (χ1n) is 9.69. The fourth-order valence-electron chi connectivity index (χ4n) is 3.77. The Hall–Kier alpha value is -2.12. The second kappa shape index (κ2) is 9.89. The standard InChI is InChI=1S/C22H28O6/c23-21(24)13-27-19-9-5-17(6-10-19)15-1-2-16(4-3-15)18-7-11-20(12-8-18)28-14-22(25)26/h5-12,15-16,21-26H,1-4,13-14H2. The molecule has 2 aromatic rings. The highest BCUT2D eigenvalue weighted by Gasteiger charge is 2.23. The van der Waals surface area contributed by atoms with Crippen molar-refractivity contribution >= 4 is 0 Å². The molecule has 6 heteroatoms. The molecule has 0 atom stereocenters. The number of hydrogen-bond acceptors (Lipinski definition) is 6. The lowest BCUT2D eigenvalue weighted by Gasteiger charge is -2.29. The van der Waals surface area contributed by atoms with E-state index in [0.717, 1.165) is 25.7 Å². The molecule has 0 aliphatic heterocycles. The molecule has 28 heavy (non-hydrogen) atoms. The molecule has 152 valence electrons. The summed E-state index contributed by atoms with van der Waals surface area (Å²) in [5, 5.41) is 35.4. The Morgan fingerprint density at radius 1 is 0.607 bits per heavy atom. The maximum Gasteiger partial charge on any atom is 0.186 e. The first kappa shape index (κ1) is 20.6. The smallest absolute Gasteiger partial charge is 0.186 e. The van der Waals surface area contributed by atoms with Crippen LogP contribution in [0.15, 0.2) is 48.5 Å². The highest BCUT2D eigenvalue weighted by atomic mass is 16.5. The maximum absolute atomic E-state index is 8.86. The molecule has 0 saturated heterocycles. The summed E-state index contributed by atoms with van der Waals surface area (Å²) in [4.78, 5) is 0. The minimum Gasteiger partial charge on any atom is -0.488 e. The van der Waals surface area contributed by atoms with Crippen molar-refractivity contribution in [3.8, 4) is 11.5 Å². The van der Waals surface area contributed by atoms with Crippen molar-refractivity contribution in [3.05, 3.63) is 59.7 Å². The maximum atomic E-state index is 8.86. The molecule has 0 heterocycles. The largest absolute Gasteiger partial charge is 0.488 e. The molecule has 1 fully saturated rings. The zero-order valence-corrected chi connectivity index (χ0v) is 15.8. The summed E-state index contributed by atoms with van der Waals surface area (Å²) in [7, 11) is 0. The van der Waals surface area contributed by atoms with Gasteiger partial charge in [0.25, 0.3) is 0 Å². The van der Waals surface area contributed by atoms with Crippen LogP contribution < -0.4 is 9.47 Å². The molecule has 1 aliphatic rings. The van der Waals surface area contributed by atoms with Crippen molar-refractivity contribution < 1.29 is 29.9 Å². The van der Waals surface area contributed by atoms with Gasteiger partial charge in [-0.15, -0.1) is 0 Å². The number of rotatable bonds is 8. The Morgan fingerprint density at radius 3 is 1.21 bits per heavy atom. The molecule has 1 aliphatic carbocycles. The molecular formula is C22H28O6. The monoisotopic (exact) mass is 388 g/mol. The summed E-state index contributed by atoms with van der Waals surface area (Å²) >= 11 is 0. The predicted octanol–water partition coefficient (Wildman–Crippen LogP) is 2.51. The van der Waals surface area contributed by atoms with Crippen LogP contribution in [0.4, 0.5) is 0 Å². The number of hydrogen-bond donors (Lipinski definition) is 4. The lowest BCUT2D eigenvalue weighted by atomic mass is 9.76. The molecule has 3 rings (SSSR count). The topological polar surface area (TPSA) is 99.4 Å². The molecule has 6 nitrogen and oxygen atoms in total. The molecule has 1 saturated carbocycles. The molecule has 0 amide bonds. The van der Waals surface area contributed by atoms with Crippen LogP contribution in [0.1, 0.15) is 48.6 Å². The first-order chi connectivity index (χ1) is 13.5. The zero-order chi connectivity index (χ0) is 19.9. The van der Waals surface area contributed by atoms with E-state index in [-0.39, 0.29) is 13.2 Å². The molecule has 0 unspecified atom stereocenters. The van der Waals surface area contributed by atoms with Gasteiger partial charge in [0.05, 0.1) is 0 Å². The van der Waals surface area contributed by atoms with E-state index in [1.807, 2.05) is 24.3 Å². The average Bonchev–Trinajstić information content (AvgIpc) is 2.72. The van der Waals surface area contributed by atoms with E-state index in [2.05, 4.69) is 24.3 Å². The van der Waals surface area contributed by atoms with Gasteiger partial charge in [0.15, 0.2) is 12.6 Å². The summed E-state index contributed by atoms with van der Waals surface area (Å²) in [5.41, 5.74) is 2.59. The molecule has 0 aromatic heterocycles. The van der Waals surface area contributed by atoms with Crippen molar-refractivity contribution in [2.75, 3.05) is 13.2 Å². The van der Waals surface area contributed by atoms with Gasteiger partial charge in [-0.25, -0.2) is 0 Å². The van der Waals surface area contributed by atoms with Crippen molar-refractivity contribution in [1.82, 2.24) is 0 Å². The van der Waals surface area contributed by atoms with Crippen LogP contribution in [0, 0.1) is 0 Å². The third-order valence-corrected chi connectivity index (χ3v) is 5.23. The minimum atomic E-state index is -1.46. The van der Waals surface area contributed by atoms with Gasteiger partial charge >= 0.3 is 0 Å². The van der Waals surface area contributed by atoms with E-state index in [9.17, 15) is 0 Å². The Kier molecular flexibility index (Phi) is 7.28. The van der Waals surface area contributed by atoms with E-state index < -0.39 is 12.6 Å². The zero-order valence-electron chi connectivity index (χ0n) is 15.8. The van der Waals surface area contributed by atoms with Crippen LogP contribution in [0.2, 0.25) is 0 Å². The first-order valence-corrected chi connectivity index (χ1v) is 9.69. The number of aliphatic hydroxyl groups excluding tert-OH is 2. The van der Waals surface area contributed by atoms with Gasteiger partial charge in [0.2, 0.25) is 0 Å². The molecule has 0 bridgehead atoms. The predicted molar refractivity (Wildman–Crippen MR) is 104 cm³/mol. The van der Waals surface area contributed by atoms with E-state index in [1.54, 1.807) is 0 Å². The van der Waals surface area contributed by atoms with E-state index in [1.165, 1.54) is 11.1 Å². The Morgan fingerprint density at radius 2 is 0.929 bits per heavy atom. The fourth-order valence-corrected chi connectivity index (χ4v) is 3.77. The highest BCUT2D eigenvalue weighted by Crippen LogP contribution is 2.41. The highest BCUT2D eigenvalue weighted by molar-refractivity contribution is 5.32. The quantitative estimate of drug-likeness (QED) is 0.519. The average molecular weight is 388 g/mol. The summed E-state index contributed by atoms with van der Waals surface area (Å²) in [6.45, 7) is -0.260. The third kappa shape index (κ3) is 5.94. The molecular weight excluding hydrogens is 360 g/mol. The van der Waals surface area contributed by atoms with Crippen LogP contribution in [0.25, 0.3) is 0 Å². The van der Waals surface area contributed by atoms with E-state index in [4.69, 9.17) is 29.9 Å². The second-order valence-corrected chi connectivity index (χ2v) is 7.27. The van der Waals surface area contributed by atoms with Crippen molar-refractivity contribution in [2.24, 2.45) is 0 Å². The number of aliphatic hydroxyl groups is 4. The molecule has 2 aromatic carbocycles. The summed E-state index contributed by atoms with van der Waals surface area (Å²) in [6.07, 6.45) is 1.56. The van der Waals surface area contributed by atoms with Crippen molar-refractivity contribution in [3.63, 3.8) is 0 Å². The van der Waals surface area contributed by atoms with Crippen molar-refractivity contribution in [2.45, 2.75) is 50.1 Å². The minimum absolute atomic E-state index is 0.130. The Bertz CT molecular complexity index is 639. The van der Waals surface area contributed by atoms with E-state index >= 15 is 0 Å². The summed E-state index contributed by atoms with van der Waals surface area (Å²) in [5.74, 6) is 2.34. The number of ether oxygens (including phenoxy) is 2. The summed E-state index contributed by atoms with van der Waals surface area (Å²) < 4.78 is 10.6. The van der Waals surface area contributed by atoms with E-state index in [0.29, 0.717) is 23.3 Å². The van der Waals surface area contributed by atoms with Crippen LogP contribution in [-0.4, -0.2) is 46.2 Å². The molecule has 4 N–H and O–H groups in total. The SMILES string of the molecule is OC(O)COc1ccc(C2CCC(c3ccc(OCC(O)O)cc3)CC2)cc1. The summed E-state index contributed by atoms with van der Waals surface area (Å²) in [6, 6.07) is 15.8. The van der Waals surface area contributed by atoms with Crippen molar-refractivity contribution in [1.29, 1.82) is 0 Å². The van der Waals surface area contributed by atoms with Gasteiger partial charge in [0, 0.05) is 0 Å². The number of benzene rings is 2. The lowest BCUT2D eigenvalue weighted by Crippen LogP contribution is -2.16. The van der Waals surface area contributed by atoms with Gasteiger partial charge in [-0.05, 0) is 72.9 Å². The Labute approximate surface area is 165 Å². The van der Waals surface area contributed by atoms with Gasteiger partial charge in [-0.3, -0.25) is 0 Å². The molecule has 0 radical (unpaired) electrons. The van der Waals surface area contributed by atoms with Crippen LogP contribution in [0.5, 0.6) is 11.5 Å². The molecule has 0 spiro atoms. The Balaban J connectivity index is 1.50. The van der Waals surface area contributed by atoms with Gasteiger partial charge < -0.3 is 29.9 Å². The van der Waals surface area contributed by atoms with Gasteiger partial charge in [-0.1, -0.05) is 24.3 Å². The fraction of sp³-hybridized carbons (Fsp3) is 0.455. The van der Waals surface area contributed by atoms with Crippen LogP contribution >= 0.6 is 0 Å². The van der Waals surface area contributed by atoms with Crippen LogP contribution in [0.3, 0.4) is 0 Å². The second-order valence-electron chi connectivity index (χ2n) is 7.27. The van der Waals surface area contributed by atoms with Gasteiger partial charge in [0.1, 0.15) is 24.7 Å². The lowest BCUT2D eigenvalue weighted by molar-refractivity contribution is -0.0684. The normalized spacial score (nSPS) is 19.8. The third-order valence-electron chi connectivity index (χ3n) is 5.23. The van der Waals surface area contributed by atoms with Gasteiger partial charge in [-0.2, -0.15) is 0 Å². The van der Waals surface area contributed by atoms with Crippen LogP contribution in [-0.2, 0) is 0 Å².